The molecule has 0 amide bonds. The van der Waals surface area contributed by atoms with Crippen molar-refractivity contribution in [3.8, 4) is 0 Å². The first-order chi connectivity index (χ1) is 4.34. The van der Waals surface area contributed by atoms with Gasteiger partial charge in [0.25, 0.3) is 0 Å². The molecule has 1 fully saturated rings. The molecule has 0 bridgehead atoms. The molecule has 0 N–H and O–H groups in total. The van der Waals surface area contributed by atoms with Crippen molar-refractivity contribution in [2.24, 2.45) is 11.8 Å². The molecule has 0 radical (unpaired) electrons. The van der Waals surface area contributed by atoms with Gasteiger partial charge in [-0.3, -0.25) is 0 Å². The van der Waals surface area contributed by atoms with E-state index in [1.54, 1.807) is 0 Å². The first-order valence-corrected chi connectivity index (χ1v) is 3.95. The highest BCUT2D eigenvalue weighted by Gasteiger charge is 2.21. The van der Waals surface area contributed by atoms with E-state index in [1.807, 2.05) is 0 Å². The lowest BCUT2D eigenvalue weighted by atomic mass is 9.95. The van der Waals surface area contributed by atoms with Gasteiger partial charge in [0, 0.05) is 0 Å². The highest BCUT2D eigenvalue weighted by molar-refractivity contribution is 4.80. The van der Waals surface area contributed by atoms with Crippen LogP contribution in [0.5, 0.6) is 0 Å². The van der Waals surface area contributed by atoms with E-state index in [1.165, 1.54) is 25.7 Å². The first-order valence-electron chi connectivity index (χ1n) is 3.95. The second-order valence-corrected chi connectivity index (χ2v) is 3.19. The average molecular weight is 124 g/mol. The van der Waals surface area contributed by atoms with Crippen LogP contribution in [0.3, 0.4) is 0 Å². The third kappa shape index (κ3) is 1.57. The second kappa shape index (κ2) is 3.05. The summed E-state index contributed by atoms with van der Waals surface area (Å²) in [5, 5.41) is 0. The first kappa shape index (κ1) is 6.85. The summed E-state index contributed by atoms with van der Waals surface area (Å²) in [5.74, 6) is 1.92. The van der Waals surface area contributed by atoms with Crippen molar-refractivity contribution in [1.29, 1.82) is 0 Å². The second-order valence-electron chi connectivity index (χ2n) is 3.19. The van der Waals surface area contributed by atoms with Gasteiger partial charge in [-0.05, 0) is 24.7 Å². The lowest BCUT2D eigenvalue weighted by molar-refractivity contribution is 0.424. The molecular formula is C9H16. The summed E-state index contributed by atoms with van der Waals surface area (Å²) in [6.07, 6.45) is 7.62. The Labute approximate surface area is 58.0 Å². The van der Waals surface area contributed by atoms with Crippen LogP contribution in [-0.4, -0.2) is 0 Å². The Morgan fingerprint density at radius 3 is 2.78 bits per heavy atom. The molecule has 9 heavy (non-hydrogen) atoms. The summed E-state index contributed by atoms with van der Waals surface area (Å²) in [6, 6.07) is 0. The van der Waals surface area contributed by atoms with Gasteiger partial charge >= 0.3 is 0 Å². The molecular weight excluding hydrogens is 108 g/mol. The van der Waals surface area contributed by atoms with Crippen molar-refractivity contribution in [1.82, 2.24) is 0 Å². The van der Waals surface area contributed by atoms with Crippen LogP contribution in [-0.2, 0) is 0 Å². The zero-order valence-electron chi connectivity index (χ0n) is 6.27. The number of hydrogen-bond donors (Lipinski definition) is 0. The minimum atomic E-state index is 0.961. The van der Waals surface area contributed by atoms with Gasteiger partial charge < -0.3 is 0 Å². The summed E-state index contributed by atoms with van der Waals surface area (Å²) in [7, 11) is 0. The molecule has 1 rings (SSSR count). The van der Waals surface area contributed by atoms with Gasteiger partial charge in [-0.25, -0.2) is 0 Å². The standard InChI is InChI=1S/C9H16/c1-3-5-9-7-4-6-8(9)2/h3,8-9H,1,4-7H2,2H3/t8-,9?/m1/s1. The molecule has 0 spiro atoms. The molecule has 52 valence electrons. The molecule has 2 atom stereocenters. The van der Waals surface area contributed by atoms with E-state index < -0.39 is 0 Å². The summed E-state index contributed by atoms with van der Waals surface area (Å²) in [5.41, 5.74) is 0. The van der Waals surface area contributed by atoms with Gasteiger partial charge in [-0.1, -0.05) is 25.8 Å². The maximum absolute atomic E-state index is 3.76. The molecule has 0 heteroatoms. The van der Waals surface area contributed by atoms with Crippen molar-refractivity contribution in [3.63, 3.8) is 0 Å². The van der Waals surface area contributed by atoms with Gasteiger partial charge in [0.2, 0.25) is 0 Å². The van der Waals surface area contributed by atoms with Crippen molar-refractivity contribution < 1.29 is 0 Å². The molecule has 0 saturated heterocycles. The molecule has 0 heterocycles. The Kier molecular flexibility index (Phi) is 2.32. The van der Waals surface area contributed by atoms with E-state index in [9.17, 15) is 0 Å². The fraction of sp³-hybridized carbons (Fsp3) is 0.778. The number of hydrogen-bond acceptors (Lipinski definition) is 0. The van der Waals surface area contributed by atoms with E-state index in [4.69, 9.17) is 0 Å². The Bertz CT molecular complexity index is 94.2. The predicted molar refractivity (Wildman–Crippen MR) is 41.3 cm³/mol. The van der Waals surface area contributed by atoms with Crippen LogP contribution >= 0.6 is 0 Å². The fourth-order valence-electron chi connectivity index (χ4n) is 1.79. The largest absolute Gasteiger partial charge is 0.103 e. The third-order valence-corrected chi connectivity index (χ3v) is 2.51. The van der Waals surface area contributed by atoms with Gasteiger partial charge in [-0.15, -0.1) is 6.58 Å². The van der Waals surface area contributed by atoms with Crippen LogP contribution in [0.25, 0.3) is 0 Å². The van der Waals surface area contributed by atoms with Gasteiger partial charge in [0.05, 0.1) is 0 Å². The van der Waals surface area contributed by atoms with E-state index in [0.29, 0.717) is 0 Å². The van der Waals surface area contributed by atoms with Crippen LogP contribution < -0.4 is 0 Å². The lowest BCUT2D eigenvalue weighted by Crippen LogP contribution is -2.01. The van der Waals surface area contributed by atoms with Crippen LogP contribution in [0.15, 0.2) is 12.7 Å². The van der Waals surface area contributed by atoms with Crippen LogP contribution in [0, 0.1) is 11.8 Å². The predicted octanol–water partition coefficient (Wildman–Crippen LogP) is 3.00. The monoisotopic (exact) mass is 124 g/mol. The maximum atomic E-state index is 3.76. The minimum absolute atomic E-state index is 0.961. The summed E-state index contributed by atoms with van der Waals surface area (Å²) in [6.45, 7) is 6.12. The van der Waals surface area contributed by atoms with Crippen molar-refractivity contribution in [2.45, 2.75) is 32.6 Å². The Morgan fingerprint density at radius 1 is 1.56 bits per heavy atom. The van der Waals surface area contributed by atoms with Gasteiger partial charge in [0.1, 0.15) is 0 Å². The average Bonchev–Trinajstić information content (AvgIpc) is 2.18. The topological polar surface area (TPSA) is 0 Å². The molecule has 0 aromatic carbocycles. The molecule has 1 unspecified atom stereocenters. The summed E-state index contributed by atoms with van der Waals surface area (Å²) in [4.78, 5) is 0. The van der Waals surface area contributed by atoms with Crippen molar-refractivity contribution in [3.05, 3.63) is 12.7 Å². The lowest BCUT2D eigenvalue weighted by Gasteiger charge is -2.10. The minimum Gasteiger partial charge on any atom is -0.103 e. The highest BCUT2D eigenvalue weighted by Crippen LogP contribution is 2.33. The molecule has 0 nitrogen and oxygen atoms in total. The zero-order valence-corrected chi connectivity index (χ0v) is 6.27. The molecule has 0 aliphatic heterocycles. The quantitative estimate of drug-likeness (QED) is 0.496. The van der Waals surface area contributed by atoms with Gasteiger partial charge in [-0.2, -0.15) is 0 Å². The Balaban J connectivity index is 2.30. The summed E-state index contributed by atoms with van der Waals surface area (Å²) >= 11 is 0. The molecule has 0 aromatic rings. The zero-order chi connectivity index (χ0) is 6.69. The van der Waals surface area contributed by atoms with Gasteiger partial charge in [0.15, 0.2) is 0 Å². The maximum Gasteiger partial charge on any atom is -0.0322 e. The molecule has 1 saturated carbocycles. The van der Waals surface area contributed by atoms with E-state index >= 15 is 0 Å². The van der Waals surface area contributed by atoms with Crippen molar-refractivity contribution in [2.75, 3.05) is 0 Å². The molecule has 1 aliphatic carbocycles. The SMILES string of the molecule is C=CCC1CCC[C@H]1C. The van der Waals surface area contributed by atoms with Crippen LogP contribution in [0.2, 0.25) is 0 Å². The fourth-order valence-corrected chi connectivity index (χ4v) is 1.79. The number of rotatable bonds is 2. The third-order valence-electron chi connectivity index (χ3n) is 2.51. The normalized spacial score (nSPS) is 34.8. The Morgan fingerprint density at radius 2 is 2.33 bits per heavy atom. The van der Waals surface area contributed by atoms with E-state index in [0.717, 1.165) is 11.8 Å². The van der Waals surface area contributed by atoms with E-state index in [2.05, 4.69) is 19.6 Å². The van der Waals surface area contributed by atoms with Crippen LogP contribution in [0.4, 0.5) is 0 Å². The summed E-state index contributed by atoms with van der Waals surface area (Å²) < 4.78 is 0. The van der Waals surface area contributed by atoms with Crippen LogP contribution in [0.1, 0.15) is 32.6 Å². The number of allylic oxidation sites excluding steroid dienone is 1. The highest BCUT2D eigenvalue weighted by atomic mass is 14.3. The van der Waals surface area contributed by atoms with E-state index in [-0.39, 0.29) is 0 Å². The molecule has 0 aromatic heterocycles. The molecule has 1 aliphatic rings. The Hall–Kier alpha value is -0.260. The smallest absolute Gasteiger partial charge is 0.0322 e. The van der Waals surface area contributed by atoms with Crippen molar-refractivity contribution >= 4 is 0 Å².